The molecule has 0 aliphatic rings. The van der Waals surface area contributed by atoms with Gasteiger partial charge in [-0.25, -0.2) is 8.42 Å². The number of nitrogens with zero attached hydrogens (tertiary/aromatic N) is 2. The highest BCUT2D eigenvalue weighted by molar-refractivity contribution is 7.92. The predicted octanol–water partition coefficient (Wildman–Crippen LogP) is 6.33. The molecule has 0 spiro atoms. The summed E-state index contributed by atoms with van der Waals surface area (Å²) in [4.78, 5) is 29.8. The van der Waals surface area contributed by atoms with Gasteiger partial charge in [-0.1, -0.05) is 84.8 Å². The molecule has 10 heteroatoms. The van der Waals surface area contributed by atoms with Crippen molar-refractivity contribution in [3.05, 3.63) is 124 Å². The summed E-state index contributed by atoms with van der Waals surface area (Å²) in [6, 6.07) is 27.1. The number of amides is 2. The molecular weight excluding hydrogens is 622 g/mol. The van der Waals surface area contributed by atoms with Gasteiger partial charge < -0.3 is 15.0 Å². The number of rotatable bonds is 14. The van der Waals surface area contributed by atoms with E-state index in [0.717, 1.165) is 26.6 Å². The summed E-state index contributed by atoms with van der Waals surface area (Å²) in [6.07, 6.45) is 0.942. The summed E-state index contributed by atoms with van der Waals surface area (Å²) in [5.74, 6) is -0.283. The molecule has 0 aromatic heterocycles. The monoisotopic (exact) mass is 661 g/mol. The van der Waals surface area contributed by atoms with Crippen LogP contribution in [0.15, 0.2) is 102 Å². The Morgan fingerprint density at radius 1 is 0.891 bits per heavy atom. The number of aryl methyl sites for hydroxylation is 2. The fourth-order valence-corrected chi connectivity index (χ4v) is 6.57. The summed E-state index contributed by atoms with van der Waals surface area (Å²) < 4.78 is 34.9. The van der Waals surface area contributed by atoms with Crippen molar-refractivity contribution in [2.75, 3.05) is 24.5 Å². The lowest BCUT2D eigenvalue weighted by Crippen LogP contribution is -2.53. The second-order valence-corrected chi connectivity index (χ2v) is 13.4. The fraction of sp³-hybridized carbons (Fsp3) is 0.278. The molecule has 0 aliphatic heterocycles. The van der Waals surface area contributed by atoms with Crippen LogP contribution in [0.2, 0.25) is 5.02 Å². The summed E-state index contributed by atoms with van der Waals surface area (Å²) in [6.45, 7) is 5.54. The van der Waals surface area contributed by atoms with E-state index in [1.807, 2.05) is 63.2 Å². The summed E-state index contributed by atoms with van der Waals surface area (Å²) in [5.41, 5.74) is 3.48. The Hall–Kier alpha value is -4.34. The highest BCUT2D eigenvalue weighted by Gasteiger charge is 2.34. The van der Waals surface area contributed by atoms with Crippen LogP contribution in [-0.2, 0) is 32.6 Å². The van der Waals surface area contributed by atoms with E-state index in [-0.39, 0.29) is 29.5 Å². The number of carbonyl (C=O) groups is 2. The van der Waals surface area contributed by atoms with Crippen LogP contribution in [0, 0.1) is 13.8 Å². The third-order valence-corrected chi connectivity index (χ3v) is 9.83. The number of hydrogen-bond donors (Lipinski definition) is 1. The minimum absolute atomic E-state index is 0.0310. The van der Waals surface area contributed by atoms with Gasteiger partial charge in [0.25, 0.3) is 10.0 Å². The lowest BCUT2D eigenvalue weighted by Gasteiger charge is -2.34. The van der Waals surface area contributed by atoms with Crippen molar-refractivity contribution < 1.29 is 22.7 Å². The number of benzene rings is 4. The predicted molar refractivity (Wildman–Crippen MR) is 183 cm³/mol. The zero-order valence-corrected chi connectivity index (χ0v) is 28.1. The molecule has 4 aromatic carbocycles. The smallest absolute Gasteiger partial charge is 0.264 e. The highest BCUT2D eigenvalue weighted by Crippen LogP contribution is 2.29. The van der Waals surface area contributed by atoms with Gasteiger partial charge in [-0.3, -0.25) is 13.9 Å². The van der Waals surface area contributed by atoms with Crippen LogP contribution in [0.5, 0.6) is 5.75 Å². The van der Waals surface area contributed by atoms with Crippen LogP contribution < -0.4 is 14.4 Å². The van der Waals surface area contributed by atoms with Crippen LogP contribution >= 0.6 is 11.6 Å². The van der Waals surface area contributed by atoms with Crippen LogP contribution in [0.4, 0.5) is 5.69 Å². The quantitative estimate of drug-likeness (QED) is 0.171. The molecule has 1 N–H and O–H groups in total. The molecule has 0 unspecified atom stereocenters. The van der Waals surface area contributed by atoms with Crippen molar-refractivity contribution in [2.24, 2.45) is 0 Å². The molecule has 2 amide bonds. The van der Waals surface area contributed by atoms with Crippen LogP contribution in [0.3, 0.4) is 0 Å². The standard InChI is InChI=1S/C36H40ClN3O5S/c1-5-20-38-36(42)34(22-28-10-7-6-8-11-28)39(24-29-12-9-13-31(21-29)45-4)35(41)25-40(30-17-16-27(3)33(37)23-30)46(43,44)32-18-14-26(2)15-19-32/h6-19,21,23,34H,5,20,22,24-25H2,1-4H3,(H,38,42)/t34-/m0/s1. The van der Waals surface area contributed by atoms with Crippen LogP contribution in [-0.4, -0.2) is 51.4 Å². The number of anilines is 1. The molecule has 46 heavy (non-hydrogen) atoms. The lowest BCUT2D eigenvalue weighted by atomic mass is 10.0. The minimum atomic E-state index is -4.22. The van der Waals surface area contributed by atoms with Crippen molar-refractivity contribution in [2.45, 2.75) is 51.1 Å². The number of nitrogens with one attached hydrogen (secondary N) is 1. The average molecular weight is 662 g/mol. The maximum absolute atomic E-state index is 14.6. The summed E-state index contributed by atoms with van der Waals surface area (Å²) in [5, 5.41) is 3.31. The molecular formula is C36H40ClN3O5S. The van der Waals surface area contributed by atoms with Crippen molar-refractivity contribution >= 4 is 39.1 Å². The Morgan fingerprint density at radius 3 is 2.24 bits per heavy atom. The molecule has 0 heterocycles. The number of carbonyl (C=O) groups excluding carboxylic acids is 2. The van der Waals surface area contributed by atoms with E-state index in [1.165, 1.54) is 23.1 Å². The highest BCUT2D eigenvalue weighted by atomic mass is 35.5. The van der Waals surface area contributed by atoms with Crippen LogP contribution in [0.25, 0.3) is 0 Å². The SMILES string of the molecule is CCCNC(=O)[C@H](Cc1ccccc1)N(Cc1cccc(OC)c1)C(=O)CN(c1ccc(C)c(Cl)c1)S(=O)(=O)c1ccc(C)cc1. The first kappa shape index (κ1) is 34.5. The molecule has 242 valence electrons. The Bertz CT molecular complexity index is 1750. The van der Waals surface area contributed by atoms with Crippen molar-refractivity contribution in [3.8, 4) is 5.75 Å². The van der Waals surface area contributed by atoms with Gasteiger partial charge >= 0.3 is 0 Å². The van der Waals surface area contributed by atoms with Crippen molar-refractivity contribution in [1.29, 1.82) is 0 Å². The summed E-state index contributed by atoms with van der Waals surface area (Å²) in [7, 11) is -2.67. The summed E-state index contributed by atoms with van der Waals surface area (Å²) >= 11 is 6.46. The lowest BCUT2D eigenvalue weighted by molar-refractivity contribution is -0.140. The number of ether oxygens (including phenoxy) is 1. The zero-order chi connectivity index (χ0) is 33.3. The van der Waals surface area contributed by atoms with E-state index in [0.29, 0.717) is 23.7 Å². The first-order chi connectivity index (χ1) is 22.0. The fourth-order valence-electron chi connectivity index (χ4n) is 4.99. The van der Waals surface area contributed by atoms with E-state index in [2.05, 4.69) is 5.32 Å². The van der Waals surface area contributed by atoms with Crippen LogP contribution in [0.1, 0.15) is 35.6 Å². The first-order valence-corrected chi connectivity index (χ1v) is 16.9. The molecule has 4 aromatic rings. The van der Waals surface area contributed by atoms with E-state index in [4.69, 9.17) is 16.3 Å². The van der Waals surface area contributed by atoms with E-state index in [1.54, 1.807) is 43.5 Å². The first-order valence-electron chi connectivity index (χ1n) is 15.1. The molecule has 4 rings (SSSR count). The van der Waals surface area contributed by atoms with Gasteiger partial charge in [0.05, 0.1) is 17.7 Å². The molecule has 0 bridgehead atoms. The van der Waals surface area contributed by atoms with Gasteiger partial charge in [0.2, 0.25) is 11.8 Å². The van der Waals surface area contributed by atoms with Crippen molar-refractivity contribution in [3.63, 3.8) is 0 Å². The van der Waals surface area contributed by atoms with Gasteiger partial charge in [0.1, 0.15) is 18.3 Å². The third kappa shape index (κ3) is 8.68. The molecule has 0 saturated carbocycles. The molecule has 1 atom stereocenters. The molecule has 0 saturated heterocycles. The molecule has 8 nitrogen and oxygen atoms in total. The van der Waals surface area contributed by atoms with E-state index < -0.39 is 28.5 Å². The third-order valence-electron chi connectivity index (χ3n) is 7.64. The Balaban J connectivity index is 1.82. The van der Waals surface area contributed by atoms with E-state index >= 15 is 0 Å². The van der Waals surface area contributed by atoms with Gasteiger partial charge in [-0.2, -0.15) is 0 Å². The minimum Gasteiger partial charge on any atom is -0.497 e. The maximum atomic E-state index is 14.6. The topological polar surface area (TPSA) is 96.0 Å². The largest absolute Gasteiger partial charge is 0.497 e. The second kappa shape index (κ2) is 15.8. The van der Waals surface area contributed by atoms with Gasteiger partial charge in [-0.05, 0) is 73.4 Å². The van der Waals surface area contributed by atoms with Gasteiger partial charge in [0, 0.05) is 24.5 Å². The molecule has 0 aliphatic carbocycles. The number of sulfonamides is 1. The zero-order valence-electron chi connectivity index (χ0n) is 26.6. The molecule has 0 radical (unpaired) electrons. The average Bonchev–Trinajstić information content (AvgIpc) is 3.06. The Kier molecular flexibility index (Phi) is 11.8. The second-order valence-electron chi connectivity index (χ2n) is 11.1. The Morgan fingerprint density at radius 2 is 1.59 bits per heavy atom. The Labute approximate surface area is 277 Å². The van der Waals surface area contributed by atoms with Gasteiger partial charge in [-0.15, -0.1) is 0 Å². The molecule has 0 fully saturated rings. The van der Waals surface area contributed by atoms with E-state index in [9.17, 15) is 18.0 Å². The van der Waals surface area contributed by atoms with Crippen molar-refractivity contribution in [1.82, 2.24) is 10.2 Å². The normalized spacial score (nSPS) is 11.8. The number of hydrogen-bond acceptors (Lipinski definition) is 5. The number of halogens is 1. The maximum Gasteiger partial charge on any atom is 0.264 e. The number of methoxy groups -OCH3 is 1. The van der Waals surface area contributed by atoms with Gasteiger partial charge in [0.15, 0.2) is 0 Å².